The van der Waals surface area contributed by atoms with Crippen molar-refractivity contribution >= 4 is 20.2 Å². The van der Waals surface area contributed by atoms with E-state index in [0.717, 1.165) is 12.1 Å². The third-order valence-corrected chi connectivity index (χ3v) is 3.72. The maximum absolute atomic E-state index is 11.7. The van der Waals surface area contributed by atoms with Gasteiger partial charge in [-0.2, -0.15) is 0 Å². The van der Waals surface area contributed by atoms with E-state index in [0.29, 0.717) is 12.2 Å². The van der Waals surface area contributed by atoms with Crippen molar-refractivity contribution in [3.63, 3.8) is 0 Å². The van der Waals surface area contributed by atoms with Crippen molar-refractivity contribution in [2.75, 3.05) is 18.3 Å². The molecule has 0 spiro atoms. The van der Waals surface area contributed by atoms with Crippen LogP contribution < -0.4 is 4.67 Å². The number of hydrogen-bond donors (Lipinski definition) is 0. The number of rotatable bonds is 3. The third-order valence-electron chi connectivity index (χ3n) is 2.28. The average molecular weight is 239 g/mol. The molecule has 1 aromatic rings. The lowest BCUT2D eigenvalue weighted by atomic mass is 10.2. The van der Waals surface area contributed by atoms with E-state index >= 15 is 0 Å². The monoisotopic (exact) mass is 239 g/mol. The zero-order chi connectivity index (χ0) is 11.5. The van der Waals surface area contributed by atoms with Crippen LogP contribution in [0.1, 0.15) is 23.7 Å². The van der Waals surface area contributed by atoms with E-state index in [2.05, 4.69) is 0 Å². The van der Waals surface area contributed by atoms with Crippen LogP contribution in [0.25, 0.3) is 0 Å². The van der Waals surface area contributed by atoms with Crippen molar-refractivity contribution in [2.45, 2.75) is 13.3 Å². The van der Waals surface area contributed by atoms with Crippen LogP contribution in [0.3, 0.4) is 0 Å². The second kappa shape index (κ2) is 4.81. The van der Waals surface area contributed by atoms with Crippen molar-refractivity contribution in [1.82, 2.24) is 0 Å². The Morgan fingerprint density at radius 1 is 1.44 bits per heavy atom. The Bertz CT molecular complexity index is 397. The van der Waals surface area contributed by atoms with Gasteiger partial charge in [0.05, 0.1) is 17.9 Å². The highest BCUT2D eigenvalue weighted by Gasteiger charge is 2.32. The van der Waals surface area contributed by atoms with E-state index in [4.69, 9.17) is 9.05 Å². The van der Waals surface area contributed by atoms with Crippen molar-refractivity contribution in [3.8, 4) is 0 Å². The van der Waals surface area contributed by atoms with E-state index in [-0.39, 0.29) is 5.97 Å². The summed E-state index contributed by atoms with van der Waals surface area (Å²) in [5, 5.41) is 0. The molecule has 0 saturated carbocycles. The lowest BCUT2D eigenvalue weighted by Gasteiger charge is -2.32. The predicted octanol–water partition coefficient (Wildman–Crippen LogP) is 2.95. The molecule has 1 atom stereocenters. The van der Waals surface area contributed by atoms with Crippen LogP contribution >= 0.6 is 8.53 Å². The normalized spacial score (nSPS) is 19.2. The molecular weight excluding hydrogens is 225 g/mol. The van der Waals surface area contributed by atoms with E-state index < -0.39 is 8.53 Å². The lowest BCUT2D eigenvalue weighted by Crippen LogP contribution is -2.24. The van der Waals surface area contributed by atoms with Gasteiger partial charge in [-0.15, -0.1) is 0 Å². The highest BCUT2D eigenvalue weighted by atomic mass is 31.2. The predicted molar refractivity (Wildman–Crippen MR) is 63.4 cm³/mol. The molecule has 16 heavy (non-hydrogen) atoms. The Kier molecular flexibility index (Phi) is 3.42. The van der Waals surface area contributed by atoms with Crippen LogP contribution in [0.15, 0.2) is 24.3 Å². The lowest BCUT2D eigenvalue weighted by molar-refractivity contribution is 0.0719. The summed E-state index contributed by atoms with van der Waals surface area (Å²) in [5.74, 6) is -0.295. The Morgan fingerprint density at radius 2 is 2.19 bits per heavy atom. The van der Waals surface area contributed by atoms with Crippen LogP contribution in [-0.4, -0.2) is 19.6 Å². The van der Waals surface area contributed by atoms with E-state index in [1.165, 1.54) is 0 Å². The number of carbonyl (C=O) groups excluding carboxylic acids is 1. The molecule has 0 aliphatic carbocycles. The van der Waals surface area contributed by atoms with Gasteiger partial charge in [0.2, 0.25) is 0 Å². The standard InChI is InChI=1S/C11H14NO3P/c1-3-8-14-16-12(2)10-7-5-4-6-9(10)11(13)15-16/h4-7H,3,8H2,1-2H3. The summed E-state index contributed by atoms with van der Waals surface area (Å²) >= 11 is 0. The largest absolute Gasteiger partial charge is 0.395 e. The molecule has 0 N–H and O–H groups in total. The van der Waals surface area contributed by atoms with Gasteiger partial charge in [-0.1, -0.05) is 19.1 Å². The van der Waals surface area contributed by atoms with Crippen LogP contribution in [0.5, 0.6) is 0 Å². The number of para-hydroxylation sites is 1. The first-order valence-electron chi connectivity index (χ1n) is 5.22. The van der Waals surface area contributed by atoms with Gasteiger partial charge in [0.15, 0.2) is 0 Å². The summed E-state index contributed by atoms with van der Waals surface area (Å²) in [6, 6.07) is 7.40. The summed E-state index contributed by atoms with van der Waals surface area (Å²) in [5.41, 5.74) is 1.48. The van der Waals surface area contributed by atoms with Crippen molar-refractivity contribution in [3.05, 3.63) is 29.8 Å². The number of anilines is 1. The molecule has 1 unspecified atom stereocenters. The van der Waals surface area contributed by atoms with Gasteiger partial charge < -0.3 is 9.05 Å². The number of fused-ring (bicyclic) bond motifs is 1. The van der Waals surface area contributed by atoms with Gasteiger partial charge in [-0.25, -0.2) is 4.79 Å². The molecule has 5 heteroatoms. The van der Waals surface area contributed by atoms with Gasteiger partial charge in [0.1, 0.15) is 0 Å². The minimum atomic E-state index is -1.28. The second-order valence-electron chi connectivity index (χ2n) is 3.49. The SMILES string of the molecule is CCCOP1OC(=O)c2ccccc2N1C. The fourth-order valence-electron chi connectivity index (χ4n) is 1.48. The second-order valence-corrected chi connectivity index (χ2v) is 5.01. The van der Waals surface area contributed by atoms with Crippen molar-refractivity contribution in [2.24, 2.45) is 0 Å². The molecule has 0 aromatic heterocycles. The van der Waals surface area contributed by atoms with E-state index in [9.17, 15) is 4.79 Å². The molecule has 1 aromatic carbocycles. The van der Waals surface area contributed by atoms with Crippen LogP contribution in [-0.2, 0) is 9.05 Å². The molecule has 4 nitrogen and oxygen atoms in total. The molecule has 0 fully saturated rings. The molecule has 0 bridgehead atoms. The highest BCUT2D eigenvalue weighted by molar-refractivity contribution is 7.50. The van der Waals surface area contributed by atoms with Crippen molar-refractivity contribution < 1.29 is 13.8 Å². The zero-order valence-corrected chi connectivity index (χ0v) is 10.2. The van der Waals surface area contributed by atoms with Crippen molar-refractivity contribution in [1.29, 1.82) is 0 Å². The minimum Gasteiger partial charge on any atom is -0.395 e. The summed E-state index contributed by atoms with van der Waals surface area (Å²) < 4.78 is 12.7. The Morgan fingerprint density at radius 3 is 2.94 bits per heavy atom. The zero-order valence-electron chi connectivity index (χ0n) is 9.34. The Hall–Kier alpha value is -1.12. The topological polar surface area (TPSA) is 38.8 Å². The number of benzene rings is 1. The molecule has 1 aliphatic rings. The number of hydrogen-bond acceptors (Lipinski definition) is 4. The van der Waals surface area contributed by atoms with E-state index in [1.807, 2.05) is 36.8 Å². The molecule has 1 aliphatic heterocycles. The van der Waals surface area contributed by atoms with E-state index in [1.54, 1.807) is 6.07 Å². The smallest absolute Gasteiger partial charge is 0.355 e. The summed E-state index contributed by atoms with van der Waals surface area (Å²) in [6.07, 6.45) is 0.909. The summed E-state index contributed by atoms with van der Waals surface area (Å²) in [6.45, 7) is 2.63. The van der Waals surface area contributed by atoms with Gasteiger partial charge in [-0.3, -0.25) is 4.67 Å². The first-order chi connectivity index (χ1) is 7.74. The van der Waals surface area contributed by atoms with Gasteiger partial charge in [0.25, 0.3) is 0 Å². The summed E-state index contributed by atoms with van der Waals surface area (Å²) in [7, 11) is 0.601. The number of nitrogens with zero attached hydrogens (tertiary/aromatic N) is 1. The quantitative estimate of drug-likeness (QED) is 0.760. The fraction of sp³-hybridized carbons (Fsp3) is 0.364. The molecule has 2 rings (SSSR count). The van der Waals surface area contributed by atoms with Crippen LogP contribution in [0.2, 0.25) is 0 Å². The molecule has 1 heterocycles. The first kappa shape index (κ1) is 11.4. The average Bonchev–Trinajstić information content (AvgIpc) is 2.32. The van der Waals surface area contributed by atoms with Gasteiger partial charge >= 0.3 is 14.5 Å². The first-order valence-corrected chi connectivity index (χ1v) is 6.35. The third kappa shape index (κ3) is 2.04. The maximum atomic E-state index is 11.7. The Balaban J connectivity index is 2.24. The molecular formula is C11H14NO3P. The molecule has 0 radical (unpaired) electrons. The Labute approximate surface area is 96.1 Å². The maximum Gasteiger partial charge on any atom is 0.355 e. The van der Waals surface area contributed by atoms with Gasteiger partial charge in [0, 0.05) is 7.05 Å². The van der Waals surface area contributed by atoms with Crippen LogP contribution in [0.4, 0.5) is 5.69 Å². The minimum absolute atomic E-state index is 0.295. The highest BCUT2D eigenvalue weighted by Crippen LogP contribution is 2.50. The van der Waals surface area contributed by atoms with Gasteiger partial charge in [-0.05, 0) is 18.6 Å². The molecule has 86 valence electrons. The molecule has 0 saturated heterocycles. The summed E-state index contributed by atoms with van der Waals surface area (Å²) in [4.78, 5) is 11.7. The van der Waals surface area contributed by atoms with Crippen LogP contribution in [0, 0.1) is 0 Å². The fourth-order valence-corrected chi connectivity index (χ4v) is 2.76. The number of carbonyl (C=O) groups is 1. The molecule has 0 amide bonds.